The Morgan fingerprint density at radius 2 is 2.00 bits per heavy atom. The van der Waals surface area contributed by atoms with Crippen molar-refractivity contribution in [1.29, 1.82) is 0 Å². The van der Waals surface area contributed by atoms with E-state index in [2.05, 4.69) is 29.9 Å². The largest absolute Gasteiger partial charge is 0.344 e. The first-order valence-corrected chi connectivity index (χ1v) is 7.38. The molecule has 1 aliphatic heterocycles. The maximum absolute atomic E-state index is 12.2. The van der Waals surface area contributed by atoms with Gasteiger partial charge in [-0.2, -0.15) is 12.6 Å². The smallest absolute Gasteiger partial charge is 0.245 e. The molecule has 110 valence electrons. The minimum absolute atomic E-state index is 0.0517. The van der Waals surface area contributed by atoms with Gasteiger partial charge in [0.1, 0.15) is 6.04 Å². The molecule has 19 heavy (non-hydrogen) atoms. The van der Waals surface area contributed by atoms with Crippen molar-refractivity contribution in [2.45, 2.75) is 25.8 Å². The number of carbonyl (C=O) groups is 2. The van der Waals surface area contributed by atoms with E-state index in [0.717, 1.165) is 32.5 Å². The van der Waals surface area contributed by atoms with Gasteiger partial charge >= 0.3 is 0 Å². The molecule has 0 spiro atoms. The highest BCUT2D eigenvalue weighted by Crippen LogP contribution is 2.17. The van der Waals surface area contributed by atoms with Gasteiger partial charge in [-0.1, -0.05) is 0 Å². The van der Waals surface area contributed by atoms with Crippen LogP contribution in [0.1, 0.15) is 19.8 Å². The average molecular weight is 287 g/mol. The molecule has 0 aromatic carbocycles. The Labute approximate surface area is 121 Å². The maximum Gasteiger partial charge on any atom is 0.245 e. The van der Waals surface area contributed by atoms with Crippen LogP contribution in [0.2, 0.25) is 0 Å². The van der Waals surface area contributed by atoms with Gasteiger partial charge in [0, 0.05) is 26.3 Å². The van der Waals surface area contributed by atoms with Crippen LogP contribution >= 0.6 is 12.6 Å². The molecule has 2 amide bonds. The SMILES string of the molecule is CC(=O)NC(CS)C(=O)N(C)CC1CCN(C)CC1. The second kappa shape index (κ2) is 7.75. The third-order valence-electron chi connectivity index (χ3n) is 3.60. The number of rotatable bonds is 5. The molecule has 1 atom stereocenters. The monoisotopic (exact) mass is 287 g/mol. The highest BCUT2D eigenvalue weighted by atomic mass is 32.1. The molecule has 0 radical (unpaired) electrons. The molecular weight excluding hydrogens is 262 g/mol. The first-order chi connectivity index (χ1) is 8.93. The third kappa shape index (κ3) is 5.40. The molecule has 0 saturated carbocycles. The number of nitrogens with one attached hydrogen (secondary N) is 1. The normalized spacial score (nSPS) is 18.9. The number of likely N-dealkylation sites (N-methyl/N-ethyl adjacent to an activating group) is 1. The Kier molecular flexibility index (Phi) is 6.65. The van der Waals surface area contributed by atoms with Gasteiger partial charge in [0.15, 0.2) is 0 Å². The summed E-state index contributed by atoms with van der Waals surface area (Å²) in [5.74, 6) is 0.642. The summed E-state index contributed by atoms with van der Waals surface area (Å²) >= 11 is 4.13. The Morgan fingerprint density at radius 3 is 2.47 bits per heavy atom. The topological polar surface area (TPSA) is 52.7 Å². The van der Waals surface area contributed by atoms with Crippen LogP contribution in [0.5, 0.6) is 0 Å². The molecule has 6 heteroatoms. The predicted octanol–water partition coefficient (Wildman–Crippen LogP) is 0.221. The fourth-order valence-electron chi connectivity index (χ4n) is 2.42. The molecule has 0 bridgehead atoms. The van der Waals surface area contributed by atoms with E-state index in [9.17, 15) is 9.59 Å². The fraction of sp³-hybridized carbons (Fsp3) is 0.846. The number of thiol groups is 1. The molecule has 1 rings (SSSR count). The van der Waals surface area contributed by atoms with Gasteiger partial charge < -0.3 is 15.1 Å². The van der Waals surface area contributed by atoms with Crippen LogP contribution in [-0.4, -0.2) is 67.1 Å². The number of piperidine rings is 1. The van der Waals surface area contributed by atoms with Crippen molar-refractivity contribution in [2.75, 3.05) is 39.5 Å². The molecule has 5 nitrogen and oxygen atoms in total. The minimum atomic E-state index is -0.517. The molecule has 1 heterocycles. The third-order valence-corrected chi connectivity index (χ3v) is 3.97. The first kappa shape index (κ1) is 16.3. The van der Waals surface area contributed by atoms with E-state index in [4.69, 9.17) is 0 Å². The van der Waals surface area contributed by atoms with Crippen molar-refractivity contribution in [1.82, 2.24) is 15.1 Å². The van der Waals surface area contributed by atoms with Crippen LogP contribution in [0.4, 0.5) is 0 Å². The highest BCUT2D eigenvalue weighted by Gasteiger charge is 2.25. The maximum atomic E-state index is 12.2. The van der Waals surface area contributed by atoms with Crippen molar-refractivity contribution in [3.05, 3.63) is 0 Å². The minimum Gasteiger partial charge on any atom is -0.344 e. The molecular formula is C13H25N3O2S. The first-order valence-electron chi connectivity index (χ1n) is 6.75. The van der Waals surface area contributed by atoms with Crippen molar-refractivity contribution in [3.63, 3.8) is 0 Å². The molecule has 0 aromatic rings. The van der Waals surface area contributed by atoms with Gasteiger partial charge in [-0.25, -0.2) is 0 Å². The van der Waals surface area contributed by atoms with Gasteiger partial charge in [-0.05, 0) is 38.9 Å². The quantitative estimate of drug-likeness (QED) is 0.711. The molecule has 0 aliphatic carbocycles. The molecule has 1 N–H and O–H groups in total. The molecule has 1 unspecified atom stereocenters. The van der Waals surface area contributed by atoms with E-state index >= 15 is 0 Å². The summed E-state index contributed by atoms with van der Waals surface area (Å²) in [6.45, 7) is 4.36. The summed E-state index contributed by atoms with van der Waals surface area (Å²) in [6, 6.07) is -0.517. The van der Waals surface area contributed by atoms with Gasteiger partial charge in [0.05, 0.1) is 0 Å². The number of hydrogen-bond acceptors (Lipinski definition) is 4. The van der Waals surface area contributed by atoms with Crippen molar-refractivity contribution in [3.8, 4) is 0 Å². The summed E-state index contributed by atoms with van der Waals surface area (Å²) in [6.07, 6.45) is 2.25. The lowest BCUT2D eigenvalue weighted by Crippen LogP contribution is -2.49. The van der Waals surface area contributed by atoms with Gasteiger partial charge in [-0.3, -0.25) is 9.59 Å². The zero-order valence-corrected chi connectivity index (χ0v) is 12.9. The second-order valence-corrected chi connectivity index (χ2v) is 5.77. The van der Waals surface area contributed by atoms with E-state index in [-0.39, 0.29) is 11.8 Å². The molecule has 0 aromatic heterocycles. The van der Waals surface area contributed by atoms with Crippen molar-refractivity contribution < 1.29 is 9.59 Å². The fourth-order valence-corrected chi connectivity index (χ4v) is 2.67. The summed E-state index contributed by atoms with van der Waals surface area (Å²) < 4.78 is 0. The highest BCUT2D eigenvalue weighted by molar-refractivity contribution is 7.80. The van der Waals surface area contributed by atoms with Crippen molar-refractivity contribution >= 4 is 24.4 Å². The standard InChI is InChI=1S/C13H25N3O2S/c1-10(17)14-12(9-19)13(18)16(3)8-11-4-6-15(2)7-5-11/h11-12,19H,4-9H2,1-3H3,(H,14,17). The van der Waals surface area contributed by atoms with E-state index < -0.39 is 6.04 Å². The van der Waals surface area contributed by atoms with Crippen LogP contribution in [0.3, 0.4) is 0 Å². The van der Waals surface area contributed by atoms with Crippen LogP contribution < -0.4 is 5.32 Å². The second-order valence-electron chi connectivity index (χ2n) is 5.40. The Balaban J connectivity index is 2.44. The van der Waals surface area contributed by atoms with Crippen LogP contribution in [0.15, 0.2) is 0 Å². The average Bonchev–Trinajstić information content (AvgIpc) is 2.37. The van der Waals surface area contributed by atoms with Crippen LogP contribution in [0, 0.1) is 5.92 Å². The number of carbonyl (C=O) groups excluding carboxylic acids is 2. The van der Waals surface area contributed by atoms with Gasteiger partial charge in [-0.15, -0.1) is 0 Å². The summed E-state index contributed by atoms with van der Waals surface area (Å²) in [7, 11) is 3.93. The number of amides is 2. The number of likely N-dealkylation sites (tertiary alicyclic amines) is 1. The lowest BCUT2D eigenvalue weighted by atomic mass is 9.96. The van der Waals surface area contributed by atoms with E-state index in [0.29, 0.717) is 11.7 Å². The zero-order valence-electron chi connectivity index (χ0n) is 12.1. The lowest BCUT2D eigenvalue weighted by molar-refractivity contribution is -0.134. The van der Waals surface area contributed by atoms with Crippen LogP contribution in [0.25, 0.3) is 0 Å². The van der Waals surface area contributed by atoms with E-state index in [1.165, 1.54) is 6.92 Å². The van der Waals surface area contributed by atoms with Gasteiger partial charge in [0.2, 0.25) is 11.8 Å². The van der Waals surface area contributed by atoms with E-state index in [1.807, 2.05) is 0 Å². The predicted molar refractivity (Wildman–Crippen MR) is 79.3 cm³/mol. The molecule has 1 fully saturated rings. The van der Waals surface area contributed by atoms with Crippen LogP contribution in [-0.2, 0) is 9.59 Å². The van der Waals surface area contributed by atoms with Gasteiger partial charge in [0.25, 0.3) is 0 Å². The number of hydrogen-bond donors (Lipinski definition) is 2. The van der Waals surface area contributed by atoms with E-state index in [1.54, 1.807) is 11.9 Å². The van der Waals surface area contributed by atoms with Crippen molar-refractivity contribution in [2.24, 2.45) is 5.92 Å². The Morgan fingerprint density at radius 1 is 1.42 bits per heavy atom. The summed E-state index contributed by atoms with van der Waals surface area (Å²) in [5, 5.41) is 2.64. The summed E-state index contributed by atoms with van der Waals surface area (Å²) in [5.41, 5.74) is 0. The molecule has 1 saturated heterocycles. The number of nitrogens with zero attached hydrogens (tertiary/aromatic N) is 2. The molecule has 1 aliphatic rings. The summed E-state index contributed by atoms with van der Waals surface area (Å²) in [4.78, 5) is 27.3. The Bertz CT molecular complexity index is 317. The Hall–Kier alpha value is -0.750. The lowest BCUT2D eigenvalue weighted by Gasteiger charge is -2.32. The zero-order chi connectivity index (χ0) is 14.4.